The molecule has 2 atom stereocenters. The van der Waals surface area contributed by atoms with Crippen LogP contribution in [0.4, 0.5) is 0 Å². The van der Waals surface area contributed by atoms with Crippen LogP contribution in [-0.4, -0.2) is 37.3 Å². The minimum Gasteiger partial charge on any atom is -0.377 e. The molecule has 25 heavy (non-hydrogen) atoms. The Morgan fingerprint density at radius 1 is 1.32 bits per heavy atom. The second-order valence-electron chi connectivity index (χ2n) is 7.54. The Morgan fingerprint density at radius 3 is 2.96 bits per heavy atom. The molecule has 140 valence electrons. The lowest BCUT2D eigenvalue weighted by atomic mass is 9.81. The summed E-state index contributed by atoms with van der Waals surface area (Å²) < 4.78 is 10.4. The zero-order valence-corrected chi connectivity index (χ0v) is 15.3. The molecule has 0 radical (unpaired) electrons. The third-order valence-corrected chi connectivity index (χ3v) is 5.55. The molecule has 1 saturated carbocycles. The van der Waals surface area contributed by atoms with Crippen molar-refractivity contribution in [3.05, 3.63) is 17.5 Å². The van der Waals surface area contributed by atoms with Crippen molar-refractivity contribution in [1.82, 2.24) is 15.8 Å². The van der Waals surface area contributed by atoms with Crippen molar-refractivity contribution in [2.45, 2.75) is 64.0 Å². The topological polar surface area (TPSA) is 76.4 Å². The standard InChI is InChI=1S/C19H31N3O3/c1-24-13-18-11-17(22-25-18)9-15-12-20-8-7-14(15)10-19(23)21-16-5-3-2-4-6-16/h11,14-16,20H,2-10,12-13H2,1H3,(H,21,23)/t14-,15-/m0/s1. The van der Waals surface area contributed by atoms with E-state index in [2.05, 4.69) is 15.8 Å². The molecule has 0 aromatic carbocycles. The van der Waals surface area contributed by atoms with Crippen molar-refractivity contribution in [3.8, 4) is 0 Å². The fraction of sp³-hybridized carbons (Fsp3) is 0.789. The number of amides is 1. The average molecular weight is 349 g/mol. The van der Waals surface area contributed by atoms with Gasteiger partial charge in [0.1, 0.15) is 6.61 Å². The molecule has 0 bridgehead atoms. The second-order valence-corrected chi connectivity index (χ2v) is 7.54. The number of carbonyl (C=O) groups is 1. The van der Waals surface area contributed by atoms with Gasteiger partial charge in [0.15, 0.2) is 5.76 Å². The van der Waals surface area contributed by atoms with Gasteiger partial charge in [-0.2, -0.15) is 0 Å². The maximum absolute atomic E-state index is 12.5. The van der Waals surface area contributed by atoms with Gasteiger partial charge in [0.25, 0.3) is 0 Å². The first kappa shape index (κ1) is 18.4. The molecule has 1 amide bonds. The Kier molecular flexibility index (Phi) is 6.87. The molecule has 3 rings (SSSR count). The van der Waals surface area contributed by atoms with E-state index in [4.69, 9.17) is 9.26 Å². The maximum atomic E-state index is 12.5. The van der Waals surface area contributed by atoms with Crippen molar-refractivity contribution < 1.29 is 14.1 Å². The van der Waals surface area contributed by atoms with Crippen molar-refractivity contribution in [2.24, 2.45) is 11.8 Å². The van der Waals surface area contributed by atoms with Crippen LogP contribution in [0.15, 0.2) is 10.6 Å². The second kappa shape index (κ2) is 9.34. The number of nitrogens with zero attached hydrogens (tertiary/aromatic N) is 1. The van der Waals surface area contributed by atoms with Crippen LogP contribution in [-0.2, 0) is 22.6 Å². The number of rotatable bonds is 7. The molecule has 1 aromatic heterocycles. The van der Waals surface area contributed by atoms with E-state index in [0.717, 1.165) is 50.2 Å². The van der Waals surface area contributed by atoms with Crippen molar-refractivity contribution >= 4 is 5.91 Å². The Hall–Kier alpha value is -1.40. The molecule has 6 heteroatoms. The molecular weight excluding hydrogens is 318 g/mol. The molecule has 1 aromatic rings. The molecule has 1 saturated heterocycles. The van der Waals surface area contributed by atoms with E-state index in [1.807, 2.05) is 6.07 Å². The number of ether oxygens (including phenoxy) is 1. The van der Waals surface area contributed by atoms with Crippen LogP contribution in [0, 0.1) is 11.8 Å². The molecule has 0 unspecified atom stereocenters. The van der Waals surface area contributed by atoms with E-state index >= 15 is 0 Å². The zero-order chi connectivity index (χ0) is 17.5. The lowest BCUT2D eigenvalue weighted by Crippen LogP contribution is -2.42. The van der Waals surface area contributed by atoms with Crippen molar-refractivity contribution in [3.63, 3.8) is 0 Å². The predicted octanol–water partition coefficient (Wildman–Crippen LogP) is 2.43. The van der Waals surface area contributed by atoms with Crippen molar-refractivity contribution in [2.75, 3.05) is 20.2 Å². The summed E-state index contributed by atoms with van der Waals surface area (Å²) in [5.74, 6) is 1.82. The first-order chi connectivity index (χ1) is 12.2. The molecule has 2 fully saturated rings. The smallest absolute Gasteiger partial charge is 0.220 e. The van der Waals surface area contributed by atoms with Gasteiger partial charge >= 0.3 is 0 Å². The molecule has 1 aliphatic heterocycles. The van der Waals surface area contributed by atoms with Crippen LogP contribution in [0.25, 0.3) is 0 Å². The lowest BCUT2D eigenvalue weighted by molar-refractivity contribution is -0.123. The number of piperidine rings is 1. The fourth-order valence-electron chi connectivity index (χ4n) is 4.19. The van der Waals surface area contributed by atoms with Crippen LogP contribution in [0.3, 0.4) is 0 Å². The van der Waals surface area contributed by atoms with Crippen LogP contribution >= 0.6 is 0 Å². The SMILES string of the molecule is COCc1cc(C[C@H]2CNCC[C@H]2CC(=O)NC2CCCCC2)no1. The van der Waals surface area contributed by atoms with Gasteiger partial charge in [-0.1, -0.05) is 24.4 Å². The zero-order valence-electron chi connectivity index (χ0n) is 15.3. The van der Waals surface area contributed by atoms with Crippen molar-refractivity contribution in [1.29, 1.82) is 0 Å². The first-order valence-corrected chi connectivity index (χ1v) is 9.68. The van der Waals surface area contributed by atoms with Gasteiger partial charge in [-0.05, 0) is 50.6 Å². The molecule has 2 heterocycles. The largest absolute Gasteiger partial charge is 0.377 e. The highest BCUT2D eigenvalue weighted by Gasteiger charge is 2.29. The van der Waals surface area contributed by atoms with Crippen LogP contribution in [0.1, 0.15) is 56.4 Å². The van der Waals surface area contributed by atoms with E-state index in [1.54, 1.807) is 7.11 Å². The highest BCUT2D eigenvalue weighted by molar-refractivity contribution is 5.76. The summed E-state index contributed by atoms with van der Waals surface area (Å²) in [5.41, 5.74) is 0.957. The molecule has 6 nitrogen and oxygen atoms in total. The minimum atomic E-state index is 0.226. The van der Waals surface area contributed by atoms with Gasteiger partial charge in [0.2, 0.25) is 5.91 Å². The predicted molar refractivity (Wildman–Crippen MR) is 95.0 cm³/mol. The normalized spacial score (nSPS) is 25.0. The van der Waals surface area contributed by atoms with Crippen LogP contribution < -0.4 is 10.6 Å². The summed E-state index contributed by atoms with van der Waals surface area (Å²) in [5, 5.41) is 10.9. The fourth-order valence-corrected chi connectivity index (χ4v) is 4.19. The van der Waals surface area contributed by atoms with Crippen LogP contribution in [0.5, 0.6) is 0 Å². The van der Waals surface area contributed by atoms with E-state index in [-0.39, 0.29) is 5.91 Å². The van der Waals surface area contributed by atoms with E-state index in [0.29, 0.717) is 30.9 Å². The third kappa shape index (κ3) is 5.54. The number of aromatic nitrogens is 1. The highest BCUT2D eigenvalue weighted by Crippen LogP contribution is 2.27. The molecule has 2 aliphatic rings. The monoisotopic (exact) mass is 349 g/mol. The molecule has 1 aliphatic carbocycles. The highest BCUT2D eigenvalue weighted by atomic mass is 16.5. The lowest BCUT2D eigenvalue weighted by Gasteiger charge is -2.32. The number of methoxy groups -OCH3 is 1. The number of nitrogens with one attached hydrogen (secondary N) is 2. The molecular formula is C19H31N3O3. The first-order valence-electron chi connectivity index (χ1n) is 9.68. The summed E-state index contributed by atoms with van der Waals surface area (Å²) in [6.45, 7) is 2.38. The Morgan fingerprint density at radius 2 is 2.16 bits per heavy atom. The summed E-state index contributed by atoms with van der Waals surface area (Å²) >= 11 is 0. The summed E-state index contributed by atoms with van der Waals surface area (Å²) in [7, 11) is 1.65. The minimum absolute atomic E-state index is 0.226. The van der Waals surface area contributed by atoms with E-state index in [9.17, 15) is 4.79 Å². The number of hydrogen-bond donors (Lipinski definition) is 2. The Bertz CT molecular complexity index is 540. The van der Waals surface area contributed by atoms with Gasteiger partial charge in [-0.3, -0.25) is 4.79 Å². The molecule has 2 N–H and O–H groups in total. The van der Waals surface area contributed by atoms with E-state index < -0.39 is 0 Å². The number of carbonyl (C=O) groups excluding carboxylic acids is 1. The summed E-state index contributed by atoms with van der Waals surface area (Å²) in [6, 6.07) is 2.37. The summed E-state index contributed by atoms with van der Waals surface area (Å²) in [4.78, 5) is 12.5. The maximum Gasteiger partial charge on any atom is 0.220 e. The van der Waals surface area contributed by atoms with Gasteiger partial charge in [-0.15, -0.1) is 0 Å². The molecule has 0 spiro atoms. The summed E-state index contributed by atoms with van der Waals surface area (Å²) in [6.07, 6.45) is 8.61. The number of hydrogen-bond acceptors (Lipinski definition) is 5. The third-order valence-electron chi connectivity index (χ3n) is 5.55. The van der Waals surface area contributed by atoms with Crippen LogP contribution in [0.2, 0.25) is 0 Å². The Balaban J connectivity index is 1.51. The van der Waals surface area contributed by atoms with Gasteiger partial charge in [0.05, 0.1) is 5.69 Å². The van der Waals surface area contributed by atoms with E-state index in [1.165, 1.54) is 19.3 Å². The van der Waals surface area contributed by atoms with Gasteiger partial charge in [-0.25, -0.2) is 0 Å². The van der Waals surface area contributed by atoms with Gasteiger partial charge < -0.3 is 19.9 Å². The van der Waals surface area contributed by atoms with Gasteiger partial charge in [0, 0.05) is 25.6 Å². The quantitative estimate of drug-likeness (QED) is 0.791. The average Bonchev–Trinajstić information content (AvgIpc) is 3.05. The Labute approximate surface area is 150 Å².